The minimum atomic E-state index is -0.465. The SMILES string of the molecule is O=C(c1ccc([N+](=O)[O-])cc1)N1CCN(C2NN=C(c3ccccc3)c3ccccc32)CC1. The van der Waals surface area contributed by atoms with Gasteiger partial charge in [0.2, 0.25) is 0 Å². The third kappa shape index (κ3) is 4.08. The van der Waals surface area contributed by atoms with Crippen LogP contribution in [0, 0.1) is 10.1 Å². The number of rotatable bonds is 4. The number of nitro benzene ring substituents is 1. The Morgan fingerprint density at radius 2 is 1.58 bits per heavy atom. The number of nitro groups is 1. The number of carbonyl (C=O) groups excluding carboxylic acids is 1. The first-order valence-corrected chi connectivity index (χ1v) is 10.9. The van der Waals surface area contributed by atoms with Crippen molar-refractivity contribution < 1.29 is 9.72 Å². The van der Waals surface area contributed by atoms with Crippen LogP contribution in [0.5, 0.6) is 0 Å². The topological polar surface area (TPSA) is 91.1 Å². The second-order valence-electron chi connectivity index (χ2n) is 8.08. The quantitative estimate of drug-likeness (QED) is 0.495. The standard InChI is InChI=1S/C25H23N5O3/c31-25(19-10-12-20(13-11-19)30(32)33)29-16-14-28(15-17-29)24-22-9-5-4-8-21(22)23(26-27-24)18-6-2-1-3-7-18/h1-13,24,27H,14-17H2. The monoisotopic (exact) mass is 441 g/mol. The molecule has 0 aromatic heterocycles. The summed E-state index contributed by atoms with van der Waals surface area (Å²) in [5.74, 6) is -0.106. The number of hydrogen-bond donors (Lipinski definition) is 1. The molecule has 2 aliphatic heterocycles. The van der Waals surface area contributed by atoms with Crippen molar-refractivity contribution in [2.45, 2.75) is 6.17 Å². The summed E-state index contributed by atoms with van der Waals surface area (Å²) in [5.41, 5.74) is 8.04. The molecular formula is C25H23N5O3. The van der Waals surface area contributed by atoms with Gasteiger partial charge in [0.1, 0.15) is 6.17 Å². The zero-order valence-corrected chi connectivity index (χ0v) is 17.9. The Balaban J connectivity index is 1.29. The first-order valence-electron chi connectivity index (χ1n) is 10.9. The molecule has 0 aliphatic carbocycles. The molecule has 2 aliphatic rings. The minimum absolute atomic E-state index is 0.0196. The van der Waals surface area contributed by atoms with Gasteiger partial charge in [0.25, 0.3) is 11.6 Å². The van der Waals surface area contributed by atoms with Crippen LogP contribution in [0.15, 0.2) is 84.0 Å². The van der Waals surface area contributed by atoms with E-state index in [1.54, 1.807) is 4.90 Å². The summed E-state index contributed by atoms with van der Waals surface area (Å²) in [6, 6.07) is 24.2. The Morgan fingerprint density at radius 3 is 2.27 bits per heavy atom. The number of fused-ring (bicyclic) bond motifs is 1. The van der Waals surface area contributed by atoms with Crippen molar-refractivity contribution in [3.8, 4) is 0 Å². The highest BCUT2D eigenvalue weighted by atomic mass is 16.6. The van der Waals surface area contributed by atoms with Gasteiger partial charge in [-0.3, -0.25) is 25.2 Å². The smallest absolute Gasteiger partial charge is 0.269 e. The maximum absolute atomic E-state index is 12.9. The lowest BCUT2D eigenvalue weighted by Gasteiger charge is -2.41. The van der Waals surface area contributed by atoms with Crippen molar-refractivity contribution in [2.75, 3.05) is 26.2 Å². The van der Waals surface area contributed by atoms with Gasteiger partial charge >= 0.3 is 0 Å². The van der Waals surface area contributed by atoms with E-state index >= 15 is 0 Å². The fourth-order valence-corrected chi connectivity index (χ4v) is 4.39. The molecule has 0 bridgehead atoms. The van der Waals surface area contributed by atoms with E-state index in [-0.39, 0.29) is 17.8 Å². The van der Waals surface area contributed by atoms with E-state index in [4.69, 9.17) is 5.10 Å². The number of amides is 1. The second kappa shape index (κ2) is 8.84. The molecule has 1 atom stereocenters. The molecule has 166 valence electrons. The lowest BCUT2D eigenvalue weighted by atomic mass is 9.94. The number of non-ortho nitro benzene ring substituents is 1. The van der Waals surface area contributed by atoms with Crippen LogP contribution in [-0.4, -0.2) is 52.5 Å². The highest BCUT2D eigenvalue weighted by Crippen LogP contribution is 2.29. The molecule has 1 saturated heterocycles. The van der Waals surface area contributed by atoms with Gasteiger partial charge in [-0.05, 0) is 17.7 Å². The van der Waals surface area contributed by atoms with Crippen LogP contribution in [0.25, 0.3) is 0 Å². The van der Waals surface area contributed by atoms with Gasteiger partial charge in [0, 0.05) is 55.0 Å². The molecule has 3 aromatic carbocycles. The highest BCUT2D eigenvalue weighted by Gasteiger charge is 2.31. The van der Waals surface area contributed by atoms with Crippen LogP contribution in [0.2, 0.25) is 0 Å². The van der Waals surface area contributed by atoms with Gasteiger partial charge in [0.05, 0.1) is 10.6 Å². The Morgan fingerprint density at radius 1 is 0.909 bits per heavy atom. The third-order valence-electron chi connectivity index (χ3n) is 6.15. The van der Waals surface area contributed by atoms with Gasteiger partial charge in [-0.15, -0.1) is 0 Å². The first kappa shape index (κ1) is 20.8. The normalized spacial score (nSPS) is 18.1. The Kier molecular flexibility index (Phi) is 5.58. The van der Waals surface area contributed by atoms with Crippen LogP contribution in [-0.2, 0) is 0 Å². The summed E-state index contributed by atoms with van der Waals surface area (Å²) < 4.78 is 0. The van der Waals surface area contributed by atoms with Crippen LogP contribution < -0.4 is 5.43 Å². The Hall–Kier alpha value is -4.04. The van der Waals surface area contributed by atoms with Crippen molar-refractivity contribution in [3.63, 3.8) is 0 Å². The van der Waals surface area contributed by atoms with Crippen LogP contribution in [0.1, 0.15) is 33.2 Å². The van der Waals surface area contributed by atoms with Crippen LogP contribution in [0.4, 0.5) is 5.69 Å². The number of carbonyl (C=O) groups is 1. The lowest BCUT2D eigenvalue weighted by Crippen LogP contribution is -2.52. The summed E-state index contributed by atoms with van der Waals surface area (Å²) in [6.45, 7) is 2.54. The highest BCUT2D eigenvalue weighted by molar-refractivity contribution is 6.14. The average Bonchev–Trinajstić information content (AvgIpc) is 2.88. The molecule has 1 fully saturated rings. The van der Waals surface area contributed by atoms with Gasteiger partial charge in [-0.2, -0.15) is 5.10 Å². The van der Waals surface area contributed by atoms with E-state index in [1.807, 2.05) is 30.3 Å². The number of hydrazone groups is 1. The predicted molar refractivity (Wildman–Crippen MR) is 125 cm³/mol. The number of piperazine rings is 1. The summed E-state index contributed by atoms with van der Waals surface area (Å²) in [7, 11) is 0. The molecule has 8 heteroatoms. The molecule has 1 N–H and O–H groups in total. The van der Waals surface area contributed by atoms with E-state index in [9.17, 15) is 14.9 Å². The Bertz CT molecular complexity index is 1200. The van der Waals surface area contributed by atoms with Gasteiger partial charge in [0.15, 0.2) is 0 Å². The van der Waals surface area contributed by atoms with Crippen molar-refractivity contribution in [2.24, 2.45) is 5.10 Å². The van der Waals surface area contributed by atoms with E-state index < -0.39 is 4.92 Å². The lowest BCUT2D eigenvalue weighted by molar-refractivity contribution is -0.384. The largest absolute Gasteiger partial charge is 0.336 e. The second-order valence-corrected chi connectivity index (χ2v) is 8.08. The van der Waals surface area contributed by atoms with Crippen LogP contribution in [0.3, 0.4) is 0 Å². The zero-order chi connectivity index (χ0) is 22.8. The third-order valence-corrected chi connectivity index (χ3v) is 6.15. The van der Waals surface area contributed by atoms with Gasteiger partial charge in [-0.25, -0.2) is 0 Å². The summed E-state index contributed by atoms with van der Waals surface area (Å²) in [6.07, 6.45) is -0.0645. The van der Waals surface area contributed by atoms with Gasteiger partial charge in [-0.1, -0.05) is 54.6 Å². The summed E-state index contributed by atoms with van der Waals surface area (Å²) in [5, 5.41) is 15.6. The van der Waals surface area contributed by atoms with Crippen molar-refractivity contribution in [3.05, 3.63) is 111 Å². The number of nitrogens with one attached hydrogen (secondary N) is 1. The fraction of sp³-hybridized carbons (Fsp3) is 0.200. The fourth-order valence-electron chi connectivity index (χ4n) is 4.39. The molecule has 0 spiro atoms. The van der Waals surface area contributed by atoms with Crippen molar-refractivity contribution >= 4 is 17.3 Å². The summed E-state index contributed by atoms with van der Waals surface area (Å²) in [4.78, 5) is 27.3. The van der Waals surface area contributed by atoms with Gasteiger partial charge < -0.3 is 4.90 Å². The molecular weight excluding hydrogens is 418 g/mol. The summed E-state index contributed by atoms with van der Waals surface area (Å²) >= 11 is 0. The maximum atomic E-state index is 12.9. The first-order chi connectivity index (χ1) is 16.1. The minimum Gasteiger partial charge on any atom is -0.336 e. The number of nitrogens with zero attached hydrogens (tertiary/aromatic N) is 4. The van der Waals surface area contributed by atoms with E-state index in [2.05, 4.69) is 34.6 Å². The number of benzene rings is 3. The number of hydrogen-bond acceptors (Lipinski definition) is 6. The molecule has 1 unspecified atom stereocenters. The molecule has 8 nitrogen and oxygen atoms in total. The van der Waals surface area contributed by atoms with Crippen molar-refractivity contribution in [1.29, 1.82) is 0 Å². The Labute approximate surface area is 191 Å². The molecule has 3 aromatic rings. The molecule has 1 amide bonds. The zero-order valence-electron chi connectivity index (χ0n) is 17.9. The molecule has 0 saturated carbocycles. The van der Waals surface area contributed by atoms with E-state index in [1.165, 1.54) is 29.8 Å². The predicted octanol–water partition coefficient (Wildman–Crippen LogP) is 3.41. The van der Waals surface area contributed by atoms with E-state index in [0.717, 1.165) is 16.8 Å². The average molecular weight is 441 g/mol. The molecule has 2 heterocycles. The molecule has 5 rings (SSSR count). The maximum Gasteiger partial charge on any atom is 0.269 e. The molecule has 33 heavy (non-hydrogen) atoms. The van der Waals surface area contributed by atoms with E-state index in [0.29, 0.717) is 31.7 Å². The molecule has 0 radical (unpaired) electrons. The van der Waals surface area contributed by atoms with Crippen molar-refractivity contribution in [1.82, 2.24) is 15.2 Å². The van der Waals surface area contributed by atoms with Crippen LogP contribution >= 0.6 is 0 Å².